The number of aliphatic imine (C=N–C) groups is 1. The molecule has 0 bridgehead atoms. The number of ether oxygens (including phenoxy) is 1. The summed E-state index contributed by atoms with van der Waals surface area (Å²) in [4.78, 5) is 10.3. The number of rotatable bonds is 9. The van der Waals surface area contributed by atoms with Gasteiger partial charge in [0.25, 0.3) is 0 Å². The fraction of sp³-hybridized carbons (Fsp3) is 0.500. The molecule has 1 aromatic carbocycles. The van der Waals surface area contributed by atoms with Gasteiger partial charge in [-0.1, -0.05) is 24.3 Å². The first-order valence-electron chi connectivity index (χ1n) is 9.19. The molecule has 0 aliphatic rings. The van der Waals surface area contributed by atoms with Gasteiger partial charge in [-0.25, -0.2) is 9.98 Å². The van der Waals surface area contributed by atoms with Gasteiger partial charge in [0.2, 0.25) is 0 Å². The summed E-state index contributed by atoms with van der Waals surface area (Å²) in [6, 6.07) is 8.42. The van der Waals surface area contributed by atoms with E-state index in [4.69, 9.17) is 9.73 Å². The van der Waals surface area contributed by atoms with Crippen molar-refractivity contribution in [1.82, 2.24) is 15.6 Å². The molecule has 0 spiro atoms. The highest BCUT2D eigenvalue weighted by molar-refractivity contribution is 7.11. The Kier molecular flexibility index (Phi) is 8.58. The maximum atomic E-state index is 5.68. The van der Waals surface area contributed by atoms with E-state index < -0.39 is 0 Å². The van der Waals surface area contributed by atoms with Crippen molar-refractivity contribution >= 4 is 17.3 Å². The highest BCUT2D eigenvalue weighted by Crippen LogP contribution is 2.11. The third-order valence-electron chi connectivity index (χ3n) is 3.64. The van der Waals surface area contributed by atoms with E-state index in [-0.39, 0.29) is 6.10 Å². The van der Waals surface area contributed by atoms with Crippen LogP contribution in [0.1, 0.15) is 41.8 Å². The van der Waals surface area contributed by atoms with E-state index in [0.29, 0.717) is 13.2 Å². The number of hydrogen-bond donors (Lipinski definition) is 2. The smallest absolute Gasteiger partial charge is 0.191 e. The van der Waals surface area contributed by atoms with Crippen molar-refractivity contribution < 1.29 is 4.74 Å². The first kappa shape index (κ1) is 20.4. The molecule has 0 saturated carbocycles. The molecule has 6 heteroatoms. The maximum absolute atomic E-state index is 5.68. The lowest BCUT2D eigenvalue weighted by Crippen LogP contribution is -2.38. The van der Waals surface area contributed by atoms with Crippen LogP contribution in [-0.4, -0.2) is 30.1 Å². The highest BCUT2D eigenvalue weighted by atomic mass is 32.1. The third-order valence-corrected chi connectivity index (χ3v) is 4.61. The van der Waals surface area contributed by atoms with E-state index in [1.807, 2.05) is 6.20 Å². The van der Waals surface area contributed by atoms with Crippen molar-refractivity contribution in [3.05, 3.63) is 51.5 Å². The predicted molar refractivity (Wildman–Crippen MR) is 110 cm³/mol. The SMILES string of the molecule is CCNC(=NCc1cccc(COC(C)C)c1)NCCc1ncc(C)s1. The Morgan fingerprint density at radius 1 is 1.27 bits per heavy atom. The fourth-order valence-electron chi connectivity index (χ4n) is 2.40. The molecule has 1 aromatic heterocycles. The molecule has 2 aromatic rings. The number of hydrogen-bond acceptors (Lipinski definition) is 4. The van der Waals surface area contributed by atoms with Crippen LogP contribution in [0, 0.1) is 6.92 Å². The van der Waals surface area contributed by atoms with Gasteiger partial charge < -0.3 is 15.4 Å². The lowest BCUT2D eigenvalue weighted by molar-refractivity contribution is 0.0657. The number of nitrogens with one attached hydrogen (secondary N) is 2. The average molecular weight is 375 g/mol. The molecule has 0 atom stereocenters. The zero-order valence-corrected chi connectivity index (χ0v) is 17.0. The second kappa shape index (κ2) is 10.9. The quantitative estimate of drug-likeness (QED) is 0.519. The van der Waals surface area contributed by atoms with Crippen LogP contribution < -0.4 is 10.6 Å². The van der Waals surface area contributed by atoms with Gasteiger partial charge >= 0.3 is 0 Å². The van der Waals surface area contributed by atoms with E-state index in [9.17, 15) is 0 Å². The standard InChI is InChI=1S/C20H30N4OS/c1-5-21-20(22-10-9-19-23-12-16(4)26-19)24-13-17-7-6-8-18(11-17)14-25-15(2)3/h6-8,11-12,15H,5,9-10,13-14H2,1-4H3,(H2,21,22,24). The second-order valence-electron chi connectivity index (χ2n) is 6.42. The summed E-state index contributed by atoms with van der Waals surface area (Å²) in [7, 11) is 0. The molecule has 2 N–H and O–H groups in total. The Morgan fingerprint density at radius 3 is 2.77 bits per heavy atom. The lowest BCUT2D eigenvalue weighted by Gasteiger charge is -2.11. The van der Waals surface area contributed by atoms with Crippen LogP contribution in [0.4, 0.5) is 0 Å². The summed E-state index contributed by atoms with van der Waals surface area (Å²) in [6.07, 6.45) is 3.07. The van der Waals surface area contributed by atoms with Crippen LogP contribution in [0.2, 0.25) is 0 Å². The van der Waals surface area contributed by atoms with Gasteiger partial charge in [0, 0.05) is 30.6 Å². The third kappa shape index (κ3) is 7.54. The Labute approximate surface area is 160 Å². The highest BCUT2D eigenvalue weighted by Gasteiger charge is 2.02. The molecule has 0 fully saturated rings. The van der Waals surface area contributed by atoms with Crippen molar-refractivity contribution in [3.8, 4) is 0 Å². The second-order valence-corrected chi connectivity index (χ2v) is 7.74. The number of nitrogens with zero attached hydrogens (tertiary/aromatic N) is 2. The number of benzene rings is 1. The Hall–Kier alpha value is -1.92. The molecule has 0 saturated heterocycles. The van der Waals surface area contributed by atoms with Crippen LogP contribution in [0.25, 0.3) is 0 Å². The number of guanidine groups is 1. The van der Waals surface area contributed by atoms with Crippen LogP contribution in [-0.2, 0) is 24.3 Å². The van der Waals surface area contributed by atoms with E-state index in [1.165, 1.54) is 16.0 Å². The Morgan fingerprint density at radius 2 is 2.08 bits per heavy atom. The number of aromatic nitrogens is 1. The molecule has 1 heterocycles. The summed E-state index contributed by atoms with van der Waals surface area (Å²) in [5.74, 6) is 0.838. The summed E-state index contributed by atoms with van der Waals surface area (Å²) >= 11 is 1.75. The zero-order valence-electron chi connectivity index (χ0n) is 16.2. The van der Waals surface area contributed by atoms with Crippen LogP contribution in [0.3, 0.4) is 0 Å². The van der Waals surface area contributed by atoms with E-state index in [0.717, 1.165) is 30.5 Å². The number of aryl methyl sites for hydroxylation is 1. The van der Waals surface area contributed by atoms with Crippen molar-refractivity contribution in [1.29, 1.82) is 0 Å². The van der Waals surface area contributed by atoms with E-state index in [1.54, 1.807) is 11.3 Å². The molecule has 0 aliphatic carbocycles. The monoisotopic (exact) mass is 374 g/mol. The van der Waals surface area contributed by atoms with Gasteiger partial charge in [-0.3, -0.25) is 0 Å². The lowest BCUT2D eigenvalue weighted by atomic mass is 10.1. The summed E-state index contributed by atoms with van der Waals surface area (Å²) < 4.78 is 5.68. The van der Waals surface area contributed by atoms with E-state index in [2.05, 4.69) is 67.6 Å². The molecular formula is C20H30N4OS. The number of thiazole rings is 1. The molecule has 2 rings (SSSR count). The van der Waals surface area contributed by atoms with Crippen molar-refractivity contribution in [3.63, 3.8) is 0 Å². The minimum absolute atomic E-state index is 0.239. The zero-order chi connectivity index (χ0) is 18.8. The molecule has 0 aliphatic heterocycles. The summed E-state index contributed by atoms with van der Waals surface area (Å²) in [6.45, 7) is 11.2. The van der Waals surface area contributed by atoms with Gasteiger partial charge in [-0.05, 0) is 38.8 Å². The first-order valence-corrected chi connectivity index (χ1v) is 10.0. The average Bonchev–Trinajstić information content (AvgIpc) is 3.03. The normalized spacial score (nSPS) is 11.8. The Bertz CT molecular complexity index is 697. The minimum Gasteiger partial charge on any atom is -0.374 e. The topological polar surface area (TPSA) is 58.5 Å². The maximum Gasteiger partial charge on any atom is 0.191 e. The predicted octanol–water partition coefficient (Wildman–Crippen LogP) is 3.67. The van der Waals surface area contributed by atoms with Crippen LogP contribution in [0.5, 0.6) is 0 Å². The molecule has 142 valence electrons. The molecule has 0 amide bonds. The van der Waals surface area contributed by atoms with Crippen molar-refractivity contribution in [2.24, 2.45) is 4.99 Å². The fourth-order valence-corrected chi connectivity index (χ4v) is 3.18. The first-order chi connectivity index (χ1) is 12.6. The van der Waals surface area contributed by atoms with E-state index >= 15 is 0 Å². The largest absolute Gasteiger partial charge is 0.374 e. The van der Waals surface area contributed by atoms with Crippen LogP contribution in [0.15, 0.2) is 35.5 Å². The molecule has 5 nitrogen and oxygen atoms in total. The Balaban J connectivity index is 1.88. The summed E-state index contributed by atoms with van der Waals surface area (Å²) in [5, 5.41) is 7.84. The van der Waals surface area contributed by atoms with Gasteiger partial charge in [0.1, 0.15) is 0 Å². The van der Waals surface area contributed by atoms with Crippen molar-refractivity contribution in [2.45, 2.75) is 53.4 Å². The van der Waals surface area contributed by atoms with Crippen molar-refractivity contribution in [2.75, 3.05) is 13.1 Å². The molecule has 0 radical (unpaired) electrons. The van der Waals surface area contributed by atoms with Crippen LogP contribution >= 0.6 is 11.3 Å². The van der Waals surface area contributed by atoms with Gasteiger partial charge in [-0.2, -0.15) is 0 Å². The summed E-state index contributed by atoms with van der Waals surface area (Å²) in [5.41, 5.74) is 2.37. The van der Waals surface area contributed by atoms with Gasteiger partial charge in [-0.15, -0.1) is 11.3 Å². The molecule has 26 heavy (non-hydrogen) atoms. The molecule has 0 unspecified atom stereocenters. The minimum atomic E-state index is 0.239. The molecular weight excluding hydrogens is 344 g/mol. The van der Waals surface area contributed by atoms with Gasteiger partial charge in [0.05, 0.1) is 24.3 Å². The van der Waals surface area contributed by atoms with Gasteiger partial charge in [0.15, 0.2) is 5.96 Å².